The van der Waals surface area contributed by atoms with Crippen LogP contribution in [0.3, 0.4) is 0 Å². The van der Waals surface area contributed by atoms with Crippen LogP contribution in [-0.4, -0.2) is 33.8 Å². The number of unbranched alkanes of at least 4 members (excludes halogenated alkanes) is 13. The smallest absolute Gasteiger partial charge is 0.372 e. The fourth-order valence-corrected chi connectivity index (χ4v) is 3.42. The van der Waals surface area contributed by atoms with E-state index in [0.717, 1.165) is 0 Å². The van der Waals surface area contributed by atoms with Crippen LogP contribution < -0.4 is 8.40 Å². The number of nitrogens with zero attached hydrogens (tertiary/aromatic N) is 2. The second-order valence-corrected chi connectivity index (χ2v) is 8.47. The maximum absolute atomic E-state index is 8.63. The monoisotopic (exact) mass is 450 g/mol. The lowest BCUT2D eigenvalue weighted by molar-refractivity contribution is -1.63. The average molecular weight is 451 g/mol. The molecule has 0 spiro atoms. The number of hydrogen-bond acceptors (Lipinski definition) is 5. The molecule has 0 radical (unpaired) electrons. The lowest BCUT2D eigenvalue weighted by Gasteiger charge is -2.26. The highest BCUT2D eigenvalue weighted by atomic mass is 80.0. The van der Waals surface area contributed by atoms with Gasteiger partial charge in [0, 0.05) is 26.0 Å². The lowest BCUT2D eigenvalue weighted by Crippen LogP contribution is -2.34. The number of hydrogen-bond donors (Lipinski definition) is 1. The SMILES string of the molecule is CCCCCCCCCCCCCCCCN1C=CN(C)C1C.[O-][Br+2]([O-])O. The van der Waals surface area contributed by atoms with Gasteiger partial charge >= 0.3 is 14.8 Å². The van der Waals surface area contributed by atoms with Gasteiger partial charge in [0.05, 0.1) is 6.17 Å². The van der Waals surface area contributed by atoms with Crippen LogP contribution >= 0.6 is 0 Å². The molecule has 1 rings (SSSR count). The van der Waals surface area contributed by atoms with Gasteiger partial charge in [-0.25, -0.2) is 0 Å². The molecule has 0 aromatic rings. The Hall–Kier alpha value is -0.300. The summed E-state index contributed by atoms with van der Waals surface area (Å²) in [5.74, 6) is 0. The van der Waals surface area contributed by atoms with E-state index in [0.29, 0.717) is 6.17 Å². The van der Waals surface area contributed by atoms with Crippen LogP contribution in [0.1, 0.15) is 104 Å². The lowest BCUT2D eigenvalue weighted by atomic mass is 10.0. The Bertz CT molecular complexity index is 341. The molecule has 1 atom stereocenters. The summed E-state index contributed by atoms with van der Waals surface area (Å²) < 4.78 is 24.3. The molecule has 1 N–H and O–H groups in total. The quantitative estimate of drug-likeness (QED) is 0.385. The van der Waals surface area contributed by atoms with E-state index in [4.69, 9.17) is 12.6 Å². The van der Waals surface area contributed by atoms with Crippen LogP contribution in [0.4, 0.5) is 0 Å². The summed E-state index contributed by atoms with van der Waals surface area (Å²) in [4.78, 5) is 4.74. The molecule has 0 saturated carbocycles. The van der Waals surface area contributed by atoms with E-state index in [1.807, 2.05) is 0 Å². The van der Waals surface area contributed by atoms with E-state index in [1.54, 1.807) is 0 Å². The summed E-state index contributed by atoms with van der Waals surface area (Å²) in [5, 5.41) is 0. The highest BCUT2D eigenvalue weighted by Gasteiger charge is 2.17. The summed E-state index contributed by atoms with van der Waals surface area (Å²) in [7, 11) is 2.16. The summed E-state index contributed by atoms with van der Waals surface area (Å²) in [6.07, 6.45) is 25.1. The Kier molecular flexibility index (Phi) is 18.8. The van der Waals surface area contributed by atoms with Crippen molar-refractivity contribution in [3.8, 4) is 0 Å². The van der Waals surface area contributed by atoms with Gasteiger partial charge in [0.25, 0.3) is 0 Å². The average Bonchev–Trinajstić information content (AvgIpc) is 2.93. The fraction of sp³-hybridized carbons (Fsp3) is 0.905. The Morgan fingerprint density at radius 2 is 1.15 bits per heavy atom. The van der Waals surface area contributed by atoms with E-state index in [2.05, 4.69) is 43.1 Å². The van der Waals surface area contributed by atoms with Crippen LogP contribution in [-0.2, 0) is 0 Å². The maximum Gasteiger partial charge on any atom is 0.433 e. The standard InChI is InChI=1S/C21H42N2.BrHO3/c1-4-5-6-7-8-9-10-11-12-13-14-15-16-17-18-23-20-19-22(3)21(23)2;2-1(3)4/h19-21H,4-18H2,1-3H3;2H. The Morgan fingerprint density at radius 3 is 1.48 bits per heavy atom. The van der Waals surface area contributed by atoms with Gasteiger partial charge in [-0.2, -0.15) is 0 Å². The third-order valence-corrected chi connectivity index (χ3v) is 5.33. The highest BCUT2D eigenvalue weighted by molar-refractivity contribution is 4.93. The Morgan fingerprint density at radius 1 is 0.778 bits per heavy atom. The minimum absolute atomic E-state index is 0.553. The zero-order chi connectivity index (χ0) is 20.3. The summed E-state index contributed by atoms with van der Waals surface area (Å²) in [6.45, 7) is 5.80. The van der Waals surface area contributed by atoms with Crippen molar-refractivity contribution in [2.24, 2.45) is 0 Å². The van der Waals surface area contributed by atoms with Crippen LogP contribution in [0.2, 0.25) is 0 Å². The van der Waals surface area contributed by atoms with Crippen molar-refractivity contribution in [1.29, 1.82) is 0 Å². The first-order valence-corrected chi connectivity index (χ1v) is 12.9. The van der Waals surface area contributed by atoms with E-state index < -0.39 is 14.8 Å². The van der Waals surface area contributed by atoms with Gasteiger partial charge in [-0.15, -0.1) is 0 Å². The van der Waals surface area contributed by atoms with E-state index >= 15 is 0 Å². The first-order chi connectivity index (χ1) is 13.0. The van der Waals surface area contributed by atoms with Crippen LogP contribution in [0.15, 0.2) is 12.4 Å². The first kappa shape index (κ1) is 26.7. The normalized spacial score (nSPS) is 16.2. The Labute approximate surface area is 173 Å². The van der Waals surface area contributed by atoms with Crippen LogP contribution in [0.5, 0.6) is 0 Å². The van der Waals surface area contributed by atoms with Crippen molar-refractivity contribution in [2.45, 2.75) is 110 Å². The topological polar surface area (TPSA) is 72.8 Å². The third-order valence-electron chi connectivity index (χ3n) is 5.33. The van der Waals surface area contributed by atoms with Crippen LogP contribution in [0, 0.1) is 14.8 Å². The maximum atomic E-state index is 8.63. The van der Waals surface area contributed by atoms with Crippen molar-refractivity contribution in [2.75, 3.05) is 13.6 Å². The molecular formula is C21H43BrN2O3. The van der Waals surface area contributed by atoms with Gasteiger partial charge in [-0.3, -0.25) is 0 Å². The highest BCUT2D eigenvalue weighted by Crippen LogP contribution is 2.16. The van der Waals surface area contributed by atoms with Gasteiger partial charge < -0.3 is 18.2 Å². The predicted molar refractivity (Wildman–Crippen MR) is 106 cm³/mol. The van der Waals surface area contributed by atoms with Crippen molar-refractivity contribution >= 4 is 0 Å². The minimum Gasteiger partial charge on any atom is -0.372 e. The number of rotatable bonds is 15. The molecule has 27 heavy (non-hydrogen) atoms. The summed E-state index contributed by atoms with van der Waals surface area (Å²) in [6, 6.07) is 0. The number of halogens is 1. The molecule has 0 aliphatic carbocycles. The largest absolute Gasteiger partial charge is 0.433 e. The molecule has 162 valence electrons. The van der Waals surface area contributed by atoms with Gasteiger partial charge in [0.1, 0.15) is 0 Å². The molecule has 0 aromatic heterocycles. The molecule has 0 aromatic carbocycles. The zero-order valence-corrected chi connectivity index (χ0v) is 19.5. The van der Waals surface area contributed by atoms with Gasteiger partial charge in [-0.05, 0) is 17.5 Å². The second-order valence-electron chi connectivity index (χ2n) is 7.63. The molecule has 5 nitrogen and oxygen atoms in total. The second kappa shape index (κ2) is 19.0. The Balaban J connectivity index is 0.00000153. The fourth-order valence-electron chi connectivity index (χ4n) is 3.42. The van der Waals surface area contributed by atoms with E-state index in [-0.39, 0.29) is 0 Å². The van der Waals surface area contributed by atoms with Crippen molar-refractivity contribution in [1.82, 2.24) is 9.80 Å². The molecule has 1 aliphatic rings. The van der Waals surface area contributed by atoms with E-state index in [1.165, 1.54) is 96.4 Å². The molecule has 1 unspecified atom stereocenters. The molecular weight excluding hydrogens is 408 g/mol. The molecule has 1 heterocycles. The molecule has 0 bridgehead atoms. The van der Waals surface area contributed by atoms with E-state index in [9.17, 15) is 0 Å². The first-order valence-electron chi connectivity index (χ1n) is 10.9. The summed E-state index contributed by atoms with van der Waals surface area (Å²) >= 11 is -3.40. The van der Waals surface area contributed by atoms with Crippen molar-refractivity contribution < 1.29 is 27.4 Å². The van der Waals surface area contributed by atoms with Crippen molar-refractivity contribution in [3.63, 3.8) is 0 Å². The van der Waals surface area contributed by atoms with Gasteiger partial charge in [0.15, 0.2) is 0 Å². The predicted octanol–water partition coefficient (Wildman–Crippen LogP) is 3.60. The van der Waals surface area contributed by atoms with Crippen molar-refractivity contribution in [3.05, 3.63) is 12.4 Å². The molecule has 1 aliphatic heterocycles. The van der Waals surface area contributed by atoms with Gasteiger partial charge in [-0.1, -0.05) is 90.4 Å². The van der Waals surface area contributed by atoms with Gasteiger partial charge in [0.2, 0.25) is 0 Å². The minimum atomic E-state index is -3.40. The molecule has 0 fully saturated rings. The molecule has 6 heteroatoms. The third kappa shape index (κ3) is 17.5. The summed E-state index contributed by atoms with van der Waals surface area (Å²) in [5.41, 5.74) is 0. The van der Waals surface area contributed by atoms with Crippen LogP contribution in [0.25, 0.3) is 0 Å². The molecule has 0 saturated heterocycles. The zero-order valence-electron chi connectivity index (χ0n) is 17.9. The molecule has 0 amide bonds.